The molecule has 0 spiro atoms. The number of carboxylic acid groups (broad SMARTS) is 1. The number of hydrogen-bond acceptors (Lipinski definition) is 4. The molecule has 1 aliphatic rings. The molecule has 0 fully saturated rings. The molecule has 1 N–H and O–H groups in total. The lowest BCUT2D eigenvalue weighted by molar-refractivity contribution is 0.0691. The van der Waals surface area contributed by atoms with Crippen LogP contribution in [-0.2, 0) is 10.0 Å². The van der Waals surface area contributed by atoms with Crippen molar-refractivity contribution in [3.05, 3.63) is 52.8 Å². The van der Waals surface area contributed by atoms with Gasteiger partial charge in [0.15, 0.2) is 11.3 Å². The second-order valence-corrected chi connectivity index (χ2v) is 8.66. The SMILES string of the molecule is CC1(S(=O)(=O)n2ccc3ccc(C(=O)O)nc32)C=CC(Br)=CC1. The van der Waals surface area contributed by atoms with E-state index in [0.717, 1.165) is 8.45 Å². The van der Waals surface area contributed by atoms with Crippen LogP contribution in [0.25, 0.3) is 11.0 Å². The Kier molecular flexibility index (Phi) is 3.68. The van der Waals surface area contributed by atoms with Crippen LogP contribution in [0.3, 0.4) is 0 Å². The van der Waals surface area contributed by atoms with Gasteiger partial charge in [0.05, 0.1) is 0 Å². The Bertz CT molecular complexity index is 975. The maximum atomic E-state index is 13.1. The molecule has 120 valence electrons. The normalized spacial score (nSPS) is 21.4. The van der Waals surface area contributed by atoms with Crippen molar-refractivity contribution in [1.82, 2.24) is 8.96 Å². The predicted molar refractivity (Wildman–Crippen MR) is 90.2 cm³/mol. The fourth-order valence-electron chi connectivity index (χ4n) is 2.41. The van der Waals surface area contributed by atoms with Crippen molar-refractivity contribution >= 4 is 43.0 Å². The lowest BCUT2D eigenvalue weighted by Crippen LogP contribution is -2.38. The van der Waals surface area contributed by atoms with Crippen molar-refractivity contribution in [2.45, 2.75) is 18.1 Å². The summed E-state index contributed by atoms with van der Waals surface area (Å²) in [5, 5.41) is 9.63. The molecule has 0 aliphatic heterocycles. The minimum atomic E-state index is -3.80. The number of aromatic nitrogens is 2. The van der Waals surface area contributed by atoms with Crippen molar-refractivity contribution in [3.8, 4) is 0 Å². The lowest BCUT2D eigenvalue weighted by atomic mass is 10.0. The Morgan fingerprint density at radius 1 is 1.39 bits per heavy atom. The Hall–Kier alpha value is -1.93. The highest BCUT2D eigenvalue weighted by molar-refractivity contribution is 9.11. The van der Waals surface area contributed by atoms with Gasteiger partial charge in [0, 0.05) is 16.1 Å². The third-order valence-corrected chi connectivity index (χ3v) is 6.75. The van der Waals surface area contributed by atoms with Crippen LogP contribution in [0.1, 0.15) is 23.8 Å². The number of hydrogen-bond donors (Lipinski definition) is 1. The average molecular weight is 397 g/mol. The Balaban J connectivity index is 2.18. The highest BCUT2D eigenvalue weighted by Gasteiger charge is 2.39. The fraction of sp³-hybridized carbons (Fsp3) is 0.200. The van der Waals surface area contributed by atoms with Crippen molar-refractivity contribution in [1.29, 1.82) is 0 Å². The fourth-order valence-corrected chi connectivity index (χ4v) is 4.28. The van der Waals surface area contributed by atoms with Crippen LogP contribution >= 0.6 is 15.9 Å². The van der Waals surface area contributed by atoms with Gasteiger partial charge < -0.3 is 5.11 Å². The standard InChI is InChI=1S/C15H13BrN2O4S/c1-15(7-4-11(16)5-8-15)23(21,22)18-9-6-10-2-3-12(14(19)20)17-13(10)18/h2-7,9H,8H2,1H3,(H,19,20). The van der Waals surface area contributed by atoms with Crippen LogP contribution < -0.4 is 0 Å². The first-order chi connectivity index (χ1) is 10.7. The summed E-state index contributed by atoms with van der Waals surface area (Å²) in [6.07, 6.45) is 6.83. The molecule has 2 aromatic heterocycles. The van der Waals surface area contributed by atoms with Gasteiger partial charge in [-0.2, -0.15) is 0 Å². The number of carboxylic acids is 1. The number of rotatable bonds is 3. The van der Waals surface area contributed by atoms with E-state index < -0.39 is 20.7 Å². The second kappa shape index (κ2) is 5.31. The molecule has 0 bridgehead atoms. The zero-order valence-corrected chi connectivity index (χ0v) is 14.5. The van der Waals surface area contributed by atoms with Crippen LogP contribution in [-0.4, -0.2) is 33.2 Å². The summed E-state index contributed by atoms with van der Waals surface area (Å²) < 4.78 is 26.9. The molecular formula is C15H13BrN2O4S. The first-order valence-corrected chi connectivity index (χ1v) is 8.99. The topological polar surface area (TPSA) is 89.3 Å². The molecule has 1 aliphatic carbocycles. The number of halogens is 1. The van der Waals surface area contributed by atoms with Gasteiger partial charge in [-0.05, 0) is 31.5 Å². The van der Waals surface area contributed by atoms with Gasteiger partial charge in [-0.1, -0.05) is 34.2 Å². The molecule has 0 aromatic carbocycles. The zero-order chi connectivity index (χ0) is 16.8. The molecule has 3 rings (SSSR count). The van der Waals surface area contributed by atoms with Gasteiger partial charge in [-0.25, -0.2) is 22.2 Å². The number of aromatic carboxylic acids is 1. The monoisotopic (exact) mass is 396 g/mol. The van der Waals surface area contributed by atoms with Crippen molar-refractivity contribution < 1.29 is 18.3 Å². The molecule has 0 amide bonds. The molecule has 23 heavy (non-hydrogen) atoms. The Labute approximate surface area is 141 Å². The summed E-state index contributed by atoms with van der Waals surface area (Å²) in [6.45, 7) is 1.63. The summed E-state index contributed by atoms with van der Waals surface area (Å²) in [5.41, 5.74) is -0.0761. The largest absolute Gasteiger partial charge is 0.477 e. The number of pyridine rings is 1. The summed E-state index contributed by atoms with van der Waals surface area (Å²) in [6, 6.07) is 4.50. The van der Waals surface area contributed by atoms with E-state index in [0.29, 0.717) is 11.8 Å². The Morgan fingerprint density at radius 3 is 2.74 bits per heavy atom. The van der Waals surface area contributed by atoms with Crippen molar-refractivity contribution in [3.63, 3.8) is 0 Å². The van der Waals surface area contributed by atoms with Gasteiger partial charge in [0.25, 0.3) is 0 Å². The Morgan fingerprint density at radius 2 is 2.13 bits per heavy atom. The third kappa shape index (κ3) is 2.51. The summed E-state index contributed by atoms with van der Waals surface area (Å²) in [7, 11) is -3.80. The lowest BCUT2D eigenvalue weighted by Gasteiger charge is -2.27. The molecule has 6 nitrogen and oxygen atoms in total. The molecule has 8 heteroatoms. The second-order valence-electron chi connectivity index (χ2n) is 5.47. The van der Waals surface area contributed by atoms with Gasteiger partial charge in [-0.3, -0.25) is 0 Å². The predicted octanol–water partition coefficient (Wildman–Crippen LogP) is 2.91. The highest BCUT2D eigenvalue weighted by atomic mass is 79.9. The van der Waals surface area contributed by atoms with E-state index in [2.05, 4.69) is 20.9 Å². The van der Waals surface area contributed by atoms with E-state index >= 15 is 0 Å². The summed E-state index contributed by atoms with van der Waals surface area (Å²) in [5.74, 6) is -1.20. The number of fused-ring (bicyclic) bond motifs is 1. The molecular weight excluding hydrogens is 384 g/mol. The molecule has 0 radical (unpaired) electrons. The summed E-state index contributed by atoms with van der Waals surface area (Å²) in [4.78, 5) is 15.1. The summed E-state index contributed by atoms with van der Waals surface area (Å²) >= 11 is 3.32. The maximum Gasteiger partial charge on any atom is 0.354 e. The van der Waals surface area contributed by atoms with Crippen molar-refractivity contribution in [2.24, 2.45) is 0 Å². The van der Waals surface area contributed by atoms with Crippen LogP contribution in [0.5, 0.6) is 0 Å². The number of nitrogens with zero attached hydrogens (tertiary/aromatic N) is 2. The van der Waals surface area contributed by atoms with Gasteiger partial charge in [-0.15, -0.1) is 0 Å². The van der Waals surface area contributed by atoms with E-state index in [9.17, 15) is 13.2 Å². The molecule has 1 atom stereocenters. The highest BCUT2D eigenvalue weighted by Crippen LogP contribution is 2.33. The smallest absolute Gasteiger partial charge is 0.354 e. The quantitative estimate of drug-likeness (QED) is 0.861. The van der Waals surface area contributed by atoms with Crippen LogP contribution in [0.15, 0.2) is 47.1 Å². The first kappa shape index (κ1) is 15.9. The van der Waals surface area contributed by atoms with Crippen molar-refractivity contribution in [2.75, 3.05) is 0 Å². The number of carbonyl (C=O) groups is 1. The van der Waals surface area contributed by atoms with E-state index in [-0.39, 0.29) is 11.3 Å². The first-order valence-electron chi connectivity index (χ1n) is 6.76. The van der Waals surface area contributed by atoms with E-state index in [1.807, 2.05) is 0 Å². The zero-order valence-electron chi connectivity index (χ0n) is 12.1. The molecule has 2 aromatic rings. The molecule has 0 saturated carbocycles. The minimum Gasteiger partial charge on any atom is -0.477 e. The molecule has 1 unspecified atom stereocenters. The number of allylic oxidation sites excluding steroid dienone is 3. The molecule has 2 heterocycles. The average Bonchev–Trinajstić information content (AvgIpc) is 2.93. The minimum absolute atomic E-state index is 0.119. The van der Waals surface area contributed by atoms with Crippen LogP contribution in [0.4, 0.5) is 0 Å². The van der Waals surface area contributed by atoms with E-state index in [1.165, 1.54) is 12.3 Å². The van der Waals surface area contributed by atoms with E-state index in [1.54, 1.807) is 37.3 Å². The van der Waals surface area contributed by atoms with Crippen LogP contribution in [0, 0.1) is 0 Å². The maximum absolute atomic E-state index is 13.1. The van der Waals surface area contributed by atoms with E-state index in [4.69, 9.17) is 5.11 Å². The third-order valence-electron chi connectivity index (χ3n) is 3.87. The van der Waals surface area contributed by atoms with Gasteiger partial charge >= 0.3 is 5.97 Å². The van der Waals surface area contributed by atoms with Crippen LogP contribution in [0.2, 0.25) is 0 Å². The van der Waals surface area contributed by atoms with Gasteiger partial charge in [0.2, 0.25) is 10.0 Å². The molecule has 0 saturated heterocycles. The van der Waals surface area contributed by atoms with Gasteiger partial charge in [0.1, 0.15) is 4.75 Å².